The van der Waals surface area contributed by atoms with E-state index in [-0.39, 0.29) is 23.0 Å². The fourth-order valence-electron chi connectivity index (χ4n) is 10.9. The van der Waals surface area contributed by atoms with Crippen LogP contribution in [0.25, 0.3) is 128 Å². The summed E-state index contributed by atoms with van der Waals surface area (Å²) in [6, 6.07) is 77.1. The molecule has 0 aliphatic carbocycles. The van der Waals surface area contributed by atoms with Crippen molar-refractivity contribution in [1.82, 2.24) is 28.7 Å². The number of hydrogen-bond donors (Lipinski definition) is 0. The minimum atomic E-state index is -4.78. The van der Waals surface area contributed by atoms with Crippen LogP contribution in [0.3, 0.4) is 0 Å². The van der Waals surface area contributed by atoms with Gasteiger partial charge in [0.2, 0.25) is 5.95 Å². The van der Waals surface area contributed by atoms with Crippen molar-refractivity contribution in [2.24, 2.45) is 0 Å². The molecule has 14 aromatic rings. The van der Waals surface area contributed by atoms with Gasteiger partial charge in [0, 0.05) is 49.1 Å². The summed E-state index contributed by atoms with van der Waals surface area (Å²) < 4.78 is 54.5. The molecule has 4 heterocycles. The van der Waals surface area contributed by atoms with E-state index in [1.54, 1.807) is 16.7 Å². The Morgan fingerprint density at radius 2 is 0.795 bits per heavy atom. The van der Waals surface area contributed by atoms with Crippen LogP contribution in [-0.4, -0.2) is 28.7 Å². The van der Waals surface area contributed by atoms with Crippen molar-refractivity contribution in [2.75, 3.05) is 0 Å². The Labute approximate surface area is 416 Å². The Bertz CT molecular complexity index is 4370. The van der Waals surface area contributed by atoms with E-state index < -0.39 is 11.7 Å². The van der Waals surface area contributed by atoms with Gasteiger partial charge in [-0.3, -0.25) is 4.57 Å². The third kappa shape index (κ3) is 6.84. The first-order chi connectivity index (χ1) is 35.9. The van der Waals surface area contributed by atoms with Crippen LogP contribution in [0, 0.1) is 0 Å². The first-order valence-corrected chi connectivity index (χ1v) is 24.1. The van der Waals surface area contributed by atoms with Gasteiger partial charge in [-0.25, -0.2) is 4.98 Å². The summed E-state index contributed by atoms with van der Waals surface area (Å²) in [5.74, 6) is 0.712. The van der Waals surface area contributed by atoms with E-state index in [9.17, 15) is 0 Å². The van der Waals surface area contributed by atoms with Crippen molar-refractivity contribution in [3.63, 3.8) is 0 Å². The molecule has 0 N–H and O–H groups in total. The van der Waals surface area contributed by atoms with Gasteiger partial charge in [0.05, 0.1) is 44.4 Å². The third-order valence-corrected chi connectivity index (χ3v) is 14.1. The Hall–Kier alpha value is -9.60. The average molecular weight is 949 g/mol. The molecule has 0 amide bonds. The molecule has 14 rings (SSSR count). The minimum absolute atomic E-state index is 0.00473. The molecule has 4 aromatic heterocycles. The monoisotopic (exact) mass is 948 g/mol. The molecular formula is C64H39F3N6. The third-order valence-electron chi connectivity index (χ3n) is 14.1. The maximum absolute atomic E-state index is 16.2. The van der Waals surface area contributed by atoms with Crippen LogP contribution in [0.4, 0.5) is 13.2 Å². The van der Waals surface area contributed by atoms with Crippen LogP contribution < -0.4 is 0 Å². The number of hydrogen-bond acceptors (Lipinski definition) is 3. The summed E-state index contributed by atoms with van der Waals surface area (Å²) in [5.41, 5.74) is 10.1. The lowest BCUT2D eigenvalue weighted by molar-refractivity contribution is -0.137. The van der Waals surface area contributed by atoms with Gasteiger partial charge in [-0.15, -0.1) is 0 Å². The second-order valence-corrected chi connectivity index (χ2v) is 18.3. The quantitative estimate of drug-likeness (QED) is 0.160. The zero-order chi connectivity index (χ0) is 48.8. The van der Waals surface area contributed by atoms with Gasteiger partial charge in [0.1, 0.15) is 0 Å². The lowest BCUT2D eigenvalue weighted by Gasteiger charge is -2.18. The molecule has 0 atom stereocenters. The van der Waals surface area contributed by atoms with Crippen molar-refractivity contribution in [3.05, 3.63) is 242 Å². The van der Waals surface area contributed by atoms with E-state index in [0.717, 1.165) is 82.3 Å². The number of nitrogens with zero attached hydrogens (tertiary/aromatic N) is 6. The molecular weight excluding hydrogens is 910 g/mol. The van der Waals surface area contributed by atoms with Gasteiger partial charge >= 0.3 is 6.18 Å². The average Bonchev–Trinajstić information content (AvgIpc) is 4.09. The number of alkyl halides is 3. The Morgan fingerprint density at radius 1 is 0.315 bits per heavy atom. The maximum atomic E-state index is 16.2. The maximum Gasteiger partial charge on any atom is 0.418 e. The normalized spacial score (nSPS) is 12.0. The molecule has 9 heteroatoms. The number of fused-ring (bicyclic) bond motifs is 10. The van der Waals surface area contributed by atoms with Gasteiger partial charge in [-0.2, -0.15) is 23.1 Å². The molecule has 0 saturated carbocycles. The van der Waals surface area contributed by atoms with Crippen LogP contribution >= 0.6 is 0 Å². The molecule has 6 nitrogen and oxygen atoms in total. The predicted octanol–water partition coefficient (Wildman–Crippen LogP) is 16.8. The number of halogens is 3. The van der Waals surface area contributed by atoms with Crippen molar-refractivity contribution in [2.45, 2.75) is 6.18 Å². The fraction of sp³-hybridized carbons (Fsp3) is 0.0156. The number of para-hydroxylation sites is 3. The highest BCUT2D eigenvalue weighted by Gasteiger charge is 2.36. The summed E-state index contributed by atoms with van der Waals surface area (Å²) in [4.78, 5) is 15.2. The predicted molar refractivity (Wildman–Crippen MR) is 290 cm³/mol. The summed E-state index contributed by atoms with van der Waals surface area (Å²) in [7, 11) is 0. The molecule has 0 radical (unpaired) electrons. The zero-order valence-electron chi connectivity index (χ0n) is 38.8. The van der Waals surface area contributed by atoms with Crippen molar-refractivity contribution >= 4 is 65.4 Å². The molecule has 0 spiro atoms. The first-order valence-electron chi connectivity index (χ1n) is 24.1. The van der Waals surface area contributed by atoms with E-state index in [0.29, 0.717) is 22.4 Å². The smallest absolute Gasteiger partial charge is 0.309 e. The molecule has 73 heavy (non-hydrogen) atoms. The molecule has 0 bridgehead atoms. The lowest BCUT2D eigenvalue weighted by atomic mass is 10.0. The Balaban J connectivity index is 1.01. The second-order valence-electron chi connectivity index (χ2n) is 18.3. The molecule has 0 aliphatic rings. The standard InChI is InChI=1S/C64H39F3N6/c65-64(66,67)52-39-45(31-35-57(52)72-53-27-15-13-25-47(53)48-32-36-58-59(60(48)72)49-26-14-16-28-54(49)71(58)46-23-11-4-12-24-46)62-68-61(42-21-9-3-10-22-42)69-63(70-62)73-55-33-29-43(40-17-5-1-6-18-40)37-50(55)51-38-44(30-34-56(51)73)41-19-7-2-8-20-41/h1-39H. The summed E-state index contributed by atoms with van der Waals surface area (Å²) >= 11 is 0. The lowest BCUT2D eigenvalue weighted by Crippen LogP contribution is -2.12. The molecule has 0 unspecified atom stereocenters. The topological polar surface area (TPSA) is 53.5 Å². The molecule has 346 valence electrons. The summed E-state index contributed by atoms with van der Waals surface area (Å²) in [6.07, 6.45) is -4.78. The zero-order valence-corrected chi connectivity index (χ0v) is 38.8. The Kier molecular flexibility index (Phi) is 9.56. The van der Waals surface area contributed by atoms with Crippen molar-refractivity contribution in [3.8, 4) is 62.4 Å². The number of benzene rings is 10. The van der Waals surface area contributed by atoms with Gasteiger partial charge in [-0.1, -0.05) is 164 Å². The fourth-order valence-corrected chi connectivity index (χ4v) is 10.9. The second kappa shape index (κ2) is 16.5. The largest absolute Gasteiger partial charge is 0.418 e. The van der Waals surface area contributed by atoms with E-state index >= 15 is 13.2 Å². The highest BCUT2D eigenvalue weighted by atomic mass is 19.4. The van der Waals surface area contributed by atoms with Crippen molar-refractivity contribution < 1.29 is 13.2 Å². The van der Waals surface area contributed by atoms with Crippen molar-refractivity contribution in [1.29, 1.82) is 0 Å². The van der Waals surface area contributed by atoms with E-state index in [1.165, 1.54) is 6.07 Å². The molecule has 0 aliphatic heterocycles. The molecule has 10 aromatic carbocycles. The van der Waals surface area contributed by atoms with Crippen LogP contribution in [0.2, 0.25) is 0 Å². The van der Waals surface area contributed by atoms with Gasteiger partial charge < -0.3 is 9.13 Å². The highest BCUT2D eigenvalue weighted by Crippen LogP contribution is 2.45. The van der Waals surface area contributed by atoms with E-state index in [2.05, 4.69) is 83.4 Å². The summed E-state index contributed by atoms with van der Waals surface area (Å²) in [5, 5.41) is 5.45. The van der Waals surface area contributed by atoms with Crippen LogP contribution in [-0.2, 0) is 6.18 Å². The van der Waals surface area contributed by atoms with Gasteiger partial charge in [0.25, 0.3) is 0 Å². The molecule has 0 saturated heterocycles. The number of rotatable bonds is 7. The molecule has 0 fully saturated rings. The summed E-state index contributed by atoms with van der Waals surface area (Å²) in [6.45, 7) is 0. The van der Waals surface area contributed by atoms with Crippen LogP contribution in [0.15, 0.2) is 237 Å². The van der Waals surface area contributed by atoms with Gasteiger partial charge in [-0.05, 0) is 95.1 Å². The van der Waals surface area contributed by atoms with Crippen LogP contribution in [0.1, 0.15) is 5.56 Å². The Morgan fingerprint density at radius 3 is 1.40 bits per heavy atom. The van der Waals surface area contributed by atoms with E-state index in [4.69, 9.17) is 15.0 Å². The van der Waals surface area contributed by atoms with E-state index in [1.807, 2.05) is 144 Å². The van der Waals surface area contributed by atoms with Crippen LogP contribution in [0.5, 0.6) is 0 Å². The van der Waals surface area contributed by atoms with Gasteiger partial charge in [0.15, 0.2) is 11.6 Å². The SMILES string of the molecule is FC(F)(F)c1cc(-c2nc(-c3ccccc3)nc(-n3c4ccc(-c5ccccc5)cc4c4cc(-c5ccccc5)ccc43)n2)ccc1-n1c2ccccc2c2ccc3c(c4ccccc4n3-c3ccccc3)c21. The highest BCUT2D eigenvalue weighted by molar-refractivity contribution is 6.26. The number of aromatic nitrogens is 6. The minimum Gasteiger partial charge on any atom is -0.309 e. The first kappa shape index (κ1) is 42.3.